The summed E-state index contributed by atoms with van der Waals surface area (Å²) in [5, 5.41) is 2.32. The number of halogens is 4. The van der Waals surface area contributed by atoms with E-state index in [2.05, 4.69) is 10.3 Å². The fourth-order valence-corrected chi connectivity index (χ4v) is 1.42. The number of pyridine rings is 1. The summed E-state index contributed by atoms with van der Waals surface area (Å²) in [7, 11) is 0. The second-order valence-corrected chi connectivity index (χ2v) is 3.55. The van der Waals surface area contributed by atoms with Crippen LogP contribution in [0.3, 0.4) is 0 Å². The SMILES string of the molecule is Fc1cc(F)c(F)c(NCc2ccncc2)c1F. The number of aromatic nitrogens is 1. The Kier molecular flexibility index (Phi) is 3.45. The van der Waals surface area contributed by atoms with Crippen LogP contribution >= 0.6 is 0 Å². The zero-order valence-corrected chi connectivity index (χ0v) is 9.05. The van der Waals surface area contributed by atoms with E-state index in [9.17, 15) is 17.6 Å². The largest absolute Gasteiger partial charge is 0.376 e. The molecule has 2 rings (SSSR count). The van der Waals surface area contributed by atoms with Crippen LogP contribution in [-0.2, 0) is 6.54 Å². The Balaban J connectivity index is 2.24. The maximum absolute atomic E-state index is 13.3. The molecule has 0 aliphatic carbocycles. The van der Waals surface area contributed by atoms with E-state index in [1.54, 1.807) is 12.1 Å². The zero-order chi connectivity index (χ0) is 13.1. The minimum atomic E-state index is -1.44. The summed E-state index contributed by atoms with van der Waals surface area (Å²) in [6.45, 7) is 0.0270. The van der Waals surface area contributed by atoms with Crippen molar-refractivity contribution in [3.05, 3.63) is 59.4 Å². The van der Waals surface area contributed by atoms with Crippen LogP contribution in [0.1, 0.15) is 5.56 Å². The van der Waals surface area contributed by atoms with Crippen molar-refractivity contribution in [2.45, 2.75) is 6.54 Å². The average Bonchev–Trinajstić information content (AvgIpc) is 2.38. The van der Waals surface area contributed by atoms with Crippen molar-refractivity contribution in [2.75, 3.05) is 5.32 Å². The first kappa shape index (κ1) is 12.3. The standard InChI is InChI=1S/C12H8F4N2/c13-8-5-9(14)11(16)12(10(8)15)18-6-7-1-3-17-4-2-7/h1-5,18H,6H2. The molecule has 0 radical (unpaired) electrons. The molecule has 0 unspecified atom stereocenters. The zero-order valence-electron chi connectivity index (χ0n) is 9.05. The summed E-state index contributed by atoms with van der Waals surface area (Å²) in [5.41, 5.74) is -0.141. The maximum atomic E-state index is 13.3. The Morgan fingerprint density at radius 2 is 1.50 bits per heavy atom. The minimum absolute atomic E-state index is 0.0270. The number of anilines is 1. The predicted molar refractivity (Wildman–Crippen MR) is 57.8 cm³/mol. The van der Waals surface area contributed by atoms with Crippen LogP contribution in [0.5, 0.6) is 0 Å². The van der Waals surface area contributed by atoms with Gasteiger partial charge in [-0.25, -0.2) is 17.6 Å². The van der Waals surface area contributed by atoms with Crippen molar-refractivity contribution in [1.29, 1.82) is 0 Å². The van der Waals surface area contributed by atoms with Crippen molar-refractivity contribution < 1.29 is 17.6 Å². The van der Waals surface area contributed by atoms with Crippen molar-refractivity contribution in [1.82, 2.24) is 4.98 Å². The van der Waals surface area contributed by atoms with E-state index in [0.29, 0.717) is 5.56 Å². The van der Waals surface area contributed by atoms with E-state index < -0.39 is 29.0 Å². The van der Waals surface area contributed by atoms with Gasteiger partial charge < -0.3 is 5.32 Å². The van der Waals surface area contributed by atoms with Gasteiger partial charge in [0, 0.05) is 25.0 Å². The fraction of sp³-hybridized carbons (Fsp3) is 0.0833. The van der Waals surface area contributed by atoms with Crippen LogP contribution in [0.25, 0.3) is 0 Å². The average molecular weight is 256 g/mol. The molecular formula is C12H8F4N2. The van der Waals surface area contributed by atoms with Gasteiger partial charge in [0.1, 0.15) is 5.69 Å². The molecule has 1 aromatic carbocycles. The number of hydrogen-bond donors (Lipinski definition) is 1. The third-order valence-electron chi connectivity index (χ3n) is 2.33. The van der Waals surface area contributed by atoms with Crippen LogP contribution in [0.4, 0.5) is 23.2 Å². The van der Waals surface area contributed by atoms with Crippen LogP contribution < -0.4 is 5.32 Å². The molecule has 2 nitrogen and oxygen atoms in total. The quantitative estimate of drug-likeness (QED) is 0.673. The van der Waals surface area contributed by atoms with Gasteiger partial charge in [-0.05, 0) is 17.7 Å². The normalized spacial score (nSPS) is 10.4. The molecule has 1 aromatic heterocycles. The van der Waals surface area contributed by atoms with E-state index in [-0.39, 0.29) is 12.6 Å². The summed E-state index contributed by atoms with van der Waals surface area (Å²) in [6.07, 6.45) is 2.99. The highest BCUT2D eigenvalue weighted by atomic mass is 19.2. The van der Waals surface area contributed by atoms with Gasteiger partial charge in [-0.1, -0.05) is 0 Å². The number of rotatable bonds is 3. The van der Waals surface area contributed by atoms with Gasteiger partial charge in [-0.15, -0.1) is 0 Å². The number of nitrogens with zero attached hydrogens (tertiary/aromatic N) is 1. The lowest BCUT2D eigenvalue weighted by Gasteiger charge is -2.09. The highest BCUT2D eigenvalue weighted by molar-refractivity contribution is 5.47. The van der Waals surface area contributed by atoms with Crippen LogP contribution in [0.2, 0.25) is 0 Å². The first-order valence-electron chi connectivity index (χ1n) is 5.05. The van der Waals surface area contributed by atoms with Gasteiger partial charge in [0.05, 0.1) is 0 Å². The van der Waals surface area contributed by atoms with Gasteiger partial charge in [0.15, 0.2) is 23.3 Å². The monoisotopic (exact) mass is 256 g/mol. The molecule has 0 spiro atoms. The molecule has 1 heterocycles. The Morgan fingerprint density at radius 1 is 0.944 bits per heavy atom. The first-order chi connectivity index (χ1) is 8.59. The second kappa shape index (κ2) is 5.03. The Hall–Kier alpha value is -2.11. The molecule has 0 aliphatic rings. The van der Waals surface area contributed by atoms with Crippen molar-refractivity contribution in [2.24, 2.45) is 0 Å². The smallest absolute Gasteiger partial charge is 0.185 e. The van der Waals surface area contributed by atoms with E-state index >= 15 is 0 Å². The predicted octanol–water partition coefficient (Wildman–Crippen LogP) is 3.25. The number of hydrogen-bond acceptors (Lipinski definition) is 2. The van der Waals surface area contributed by atoms with E-state index in [1.165, 1.54) is 12.4 Å². The third-order valence-corrected chi connectivity index (χ3v) is 2.33. The summed E-state index contributed by atoms with van der Waals surface area (Å²) >= 11 is 0. The summed E-state index contributed by atoms with van der Waals surface area (Å²) in [4.78, 5) is 3.77. The van der Waals surface area contributed by atoms with Crippen molar-refractivity contribution >= 4 is 5.69 Å². The molecule has 1 N–H and O–H groups in total. The molecule has 0 saturated carbocycles. The van der Waals surface area contributed by atoms with Crippen LogP contribution in [0, 0.1) is 23.3 Å². The molecule has 0 aliphatic heterocycles. The number of benzene rings is 1. The van der Waals surface area contributed by atoms with Gasteiger partial charge in [0.2, 0.25) is 0 Å². The molecule has 0 bridgehead atoms. The molecule has 0 atom stereocenters. The molecule has 2 aromatic rings. The molecule has 0 saturated heterocycles. The Morgan fingerprint density at radius 3 is 2.06 bits per heavy atom. The van der Waals surface area contributed by atoms with Gasteiger partial charge in [0.25, 0.3) is 0 Å². The fourth-order valence-electron chi connectivity index (χ4n) is 1.42. The molecular weight excluding hydrogens is 248 g/mol. The topological polar surface area (TPSA) is 24.9 Å². The lowest BCUT2D eigenvalue weighted by molar-refractivity contribution is 0.458. The minimum Gasteiger partial charge on any atom is -0.376 e. The second-order valence-electron chi connectivity index (χ2n) is 3.55. The van der Waals surface area contributed by atoms with Crippen LogP contribution in [-0.4, -0.2) is 4.98 Å². The van der Waals surface area contributed by atoms with Crippen molar-refractivity contribution in [3.63, 3.8) is 0 Å². The molecule has 0 fully saturated rings. The first-order valence-corrected chi connectivity index (χ1v) is 5.05. The van der Waals surface area contributed by atoms with E-state index in [0.717, 1.165) is 0 Å². The number of nitrogens with one attached hydrogen (secondary N) is 1. The maximum Gasteiger partial charge on any atom is 0.185 e. The highest BCUT2D eigenvalue weighted by Gasteiger charge is 2.18. The van der Waals surface area contributed by atoms with E-state index in [1.807, 2.05) is 0 Å². The summed E-state index contributed by atoms with van der Waals surface area (Å²) in [6, 6.07) is 3.39. The molecule has 6 heteroatoms. The summed E-state index contributed by atoms with van der Waals surface area (Å²) in [5.74, 6) is -5.76. The van der Waals surface area contributed by atoms with Crippen molar-refractivity contribution in [3.8, 4) is 0 Å². The Labute approximate surface area is 100 Å². The van der Waals surface area contributed by atoms with Gasteiger partial charge in [-0.2, -0.15) is 0 Å². The lowest BCUT2D eigenvalue weighted by Crippen LogP contribution is -2.07. The van der Waals surface area contributed by atoms with Gasteiger partial charge >= 0.3 is 0 Å². The third kappa shape index (κ3) is 2.42. The highest BCUT2D eigenvalue weighted by Crippen LogP contribution is 2.24. The summed E-state index contributed by atoms with van der Waals surface area (Å²) < 4.78 is 52.4. The lowest BCUT2D eigenvalue weighted by atomic mass is 10.2. The molecule has 94 valence electrons. The molecule has 0 amide bonds. The van der Waals surface area contributed by atoms with Gasteiger partial charge in [-0.3, -0.25) is 4.98 Å². The molecule has 18 heavy (non-hydrogen) atoms. The van der Waals surface area contributed by atoms with E-state index in [4.69, 9.17) is 0 Å². The van der Waals surface area contributed by atoms with Crippen LogP contribution in [0.15, 0.2) is 30.6 Å². The Bertz CT molecular complexity index is 531.